The Balaban J connectivity index is 2.64. The van der Waals surface area contributed by atoms with Gasteiger partial charge in [0.2, 0.25) is 5.91 Å². The summed E-state index contributed by atoms with van der Waals surface area (Å²) in [5, 5.41) is 7.49. The molecule has 5 heteroatoms. The van der Waals surface area contributed by atoms with Crippen LogP contribution in [-0.4, -0.2) is 22.5 Å². The van der Waals surface area contributed by atoms with Crippen molar-refractivity contribution in [3.8, 4) is 0 Å². The molecule has 0 bridgehead atoms. The summed E-state index contributed by atoms with van der Waals surface area (Å²) in [6.07, 6.45) is 0.911. The molecule has 1 heterocycles. The van der Waals surface area contributed by atoms with Gasteiger partial charge in [-0.05, 0) is 48.0 Å². The molecule has 0 aliphatic rings. The van der Waals surface area contributed by atoms with E-state index in [1.807, 2.05) is 34.6 Å². The number of carbonyl (C=O) groups excluding carboxylic acids is 1. The summed E-state index contributed by atoms with van der Waals surface area (Å²) in [6.45, 7) is 14.2. The molecule has 1 aromatic rings. The molecule has 2 N–H and O–H groups in total. The molecular weight excluding hydrogens is 270 g/mol. The molecule has 0 saturated carbocycles. The molecule has 0 aliphatic carbocycles. The molecule has 0 saturated heterocycles. The average molecular weight is 297 g/mol. The van der Waals surface area contributed by atoms with Gasteiger partial charge in [-0.15, -0.1) is 11.3 Å². The Bertz CT molecular complexity index is 468. The van der Waals surface area contributed by atoms with E-state index in [0.29, 0.717) is 0 Å². The van der Waals surface area contributed by atoms with Crippen molar-refractivity contribution < 1.29 is 4.79 Å². The molecule has 0 radical (unpaired) electrons. The Morgan fingerprint density at radius 1 is 1.35 bits per heavy atom. The van der Waals surface area contributed by atoms with Crippen LogP contribution < -0.4 is 10.6 Å². The fraction of sp³-hybridized carbons (Fsp3) is 0.733. The predicted molar refractivity (Wildman–Crippen MR) is 85.1 cm³/mol. The van der Waals surface area contributed by atoms with Crippen LogP contribution in [0.1, 0.15) is 62.7 Å². The van der Waals surface area contributed by atoms with E-state index in [4.69, 9.17) is 0 Å². The summed E-state index contributed by atoms with van der Waals surface area (Å²) >= 11 is 1.69. The van der Waals surface area contributed by atoms with Crippen molar-refractivity contribution in [1.82, 2.24) is 15.6 Å². The highest BCUT2D eigenvalue weighted by atomic mass is 32.1. The van der Waals surface area contributed by atoms with Gasteiger partial charge in [0.25, 0.3) is 0 Å². The molecule has 0 aliphatic heterocycles. The van der Waals surface area contributed by atoms with E-state index in [-0.39, 0.29) is 23.5 Å². The zero-order valence-electron chi connectivity index (χ0n) is 13.6. The fourth-order valence-corrected chi connectivity index (χ4v) is 2.94. The zero-order valence-corrected chi connectivity index (χ0v) is 14.4. The minimum absolute atomic E-state index is 0.0441. The van der Waals surface area contributed by atoms with Crippen LogP contribution >= 0.6 is 11.3 Å². The monoisotopic (exact) mass is 297 g/mol. The van der Waals surface area contributed by atoms with Gasteiger partial charge in [0, 0.05) is 16.5 Å². The number of hydrogen-bond acceptors (Lipinski definition) is 4. The highest BCUT2D eigenvalue weighted by Gasteiger charge is 2.23. The third-order valence-corrected chi connectivity index (χ3v) is 4.83. The largest absolute Gasteiger partial charge is 0.350 e. The SMILES string of the molecule is CCC(C)(C)NC(=O)C(C)NC(C)c1sc(C)nc1C. The van der Waals surface area contributed by atoms with E-state index < -0.39 is 0 Å². The van der Waals surface area contributed by atoms with Crippen molar-refractivity contribution >= 4 is 17.2 Å². The van der Waals surface area contributed by atoms with Crippen LogP contribution in [-0.2, 0) is 4.79 Å². The van der Waals surface area contributed by atoms with Crippen LogP contribution in [0, 0.1) is 13.8 Å². The minimum atomic E-state index is -0.224. The van der Waals surface area contributed by atoms with E-state index >= 15 is 0 Å². The van der Waals surface area contributed by atoms with Crippen LogP contribution in [0.5, 0.6) is 0 Å². The van der Waals surface area contributed by atoms with Gasteiger partial charge in [-0.3, -0.25) is 10.1 Å². The Morgan fingerprint density at radius 2 is 1.95 bits per heavy atom. The summed E-state index contributed by atoms with van der Waals surface area (Å²) in [4.78, 5) is 17.8. The smallest absolute Gasteiger partial charge is 0.237 e. The van der Waals surface area contributed by atoms with Crippen molar-refractivity contribution in [2.45, 2.75) is 72.5 Å². The zero-order chi connectivity index (χ0) is 15.5. The van der Waals surface area contributed by atoms with E-state index in [0.717, 1.165) is 17.1 Å². The van der Waals surface area contributed by atoms with Gasteiger partial charge in [0.05, 0.1) is 16.7 Å². The second-order valence-electron chi connectivity index (χ2n) is 6.02. The first-order valence-corrected chi connectivity index (χ1v) is 8.00. The third kappa shape index (κ3) is 4.56. The van der Waals surface area contributed by atoms with E-state index in [1.54, 1.807) is 11.3 Å². The summed E-state index contributed by atoms with van der Waals surface area (Å²) < 4.78 is 0. The van der Waals surface area contributed by atoms with Crippen LogP contribution in [0.15, 0.2) is 0 Å². The van der Waals surface area contributed by atoms with Gasteiger partial charge in [-0.25, -0.2) is 4.98 Å². The lowest BCUT2D eigenvalue weighted by Gasteiger charge is -2.28. The van der Waals surface area contributed by atoms with Crippen molar-refractivity contribution in [2.75, 3.05) is 0 Å². The minimum Gasteiger partial charge on any atom is -0.350 e. The van der Waals surface area contributed by atoms with Gasteiger partial charge in [-0.2, -0.15) is 0 Å². The normalized spacial score (nSPS) is 14.9. The van der Waals surface area contributed by atoms with Crippen molar-refractivity contribution in [2.24, 2.45) is 0 Å². The van der Waals surface area contributed by atoms with Crippen LogP contribution in [0.4, 0.5) is 0 Å². The maximum atomic E-state index is 12.2. The van der Waals surface area contributed by atoms with Gasteiger partial charge in [0.15, 0.2) is 0 Å². The number of nitrogens with zero attached hydrogens (tertiary/aromatic N) is 1. The lowest BCUT2D eigenvalue weighted by Crippen LogP contribution is -2.51. The first-order chi connectivity index (χ1) is 9.16. The number of rotatable bonds is 6. The van der Waals surface area contributed by atoms with Gasteiger partial charge in [-0.1, -0.05) is 6.92 Å². The second kappa shape index (κ2) is 6.68. The highest BCUT2D eigenvalue weighted by molar-refractivity contribution is 7.11. The van der Waals surface area contributed by atoms with Crippen molar-refractivity contribution in [3.63, 3.8) is 0 Å². The van der Waals surface area contributed by atoms with Gasteiger partial charge in [0.1, 0.15) is 0 Å². The Labute approximate surface area is 126 Å². The molecule has 114 valence electrons. The van der Waals surface area contributed by atoms with Crippen LogP contribution in [0.3, 0.4) is 0 Å². The molecule has 2 atom stereocenters. The first-order valence-electron chi connectivity index (χ1n) is 7.18. The van der Waals surface area contributed by atoms with Crippen molar-refractivity contribution in [3.05, 3.63) is 15.6 Å². The average Bonchev–Trinajstić information content (AvgIpc) is 2.67. The Hall–Kier alpha value is -0.940. The molecule has 0 fully saturated rings. The number of carbonyl (C=O) groups is 1. The molecule has 1 amide bonds. The third-order valence-electron chi connectivity index (χ3n) is 3.57. The van der Waals surface area contributed by atoms with Gasteiger partial charge >= 0.3 is 0 Å². The first kappa shape index (κ1) is 17.1. The number of nitrogens with one attached hydrogen (secondary N) is 2. The van der Waals surface area contributed by atoms with Crippen LogP contribution in [0.2, 0.25) is 0 Å². The number of aryl methyl sites for hydroxylation is 2. The van der Waals surface area contributed by atoms with E-state index in [9.17, 15) is 4.79 Å². The maximum Gasteiger partial charge on any atom is 0.237 e. The second-order valence-corrected chi connectivity index (χ2v) is 7.25. The standard InChI is InChI=1S/C15H27N3OS/c1-8-15(6,7)18-14(19)11(4)16-9(2)13-10(3)17-12(5)20-13/h9,11,16H,8H2,1-7H3,(H,18,19). The number of hydrogen-bond donors (Lipinski definition) is 2. The fourth-order valence-electron chi connectivity index (χ4n) is 2.01. The molecule has 4 nitrogen and oxygen atoms in total. The topological polar surface area (TPSA) is 54.0 Å². The summed E-state index contributed by atoms with van der Waals surface area (Å²) in [5.41, 5.74) is 0.891. The number of aromatic nitrogens is 1. The lowest BCUT2D eigenvalue weighted by atomic mass is 10.0. The molecule has 1 rings (SSSR count). The van der Waals surface area contributed by atoms with E-state index in [2.05, 4.69) is 29.5 Å². The Morgan fingerprint density at radius 3 is 2.40 bits per heavy atom. The summed E-state index contributed by atoms with van der Waals surface area (Å²) in [7, 11) is 0. The highest BCUT2D eigenvalue weighted by Crippen LogP contribution is 2.24. The number of amides is 1. The van der Waals surface area contributed by atoms with Crippen molar-refractivity contribution in [1.29, 1.82) is 0 Å². The predicted octanol–water partition coefficient (Wildman–Crippen LogP) is 3.10. The lowest BCUT2D eigenvalue weighted by molar-refractivity contribution is -0.124. The molecule has 20 heavy (non-hydrogen) atoms. The summed E-state index contributed by atoms with van der Waals surface area (Å²) in [6, 6.07) is -0.0932. The van der Waals surface area contributed by atoms with Gasteiger partial charge < -0.3 is 5.32 Å². The summed E-state index contributed by atoms with van der Waals surface area (Å²) in [5.74, 6) is 0.0441. The van der Waals surface area contributed by atoms with Crippen LogP contribution in [0.25, 0.3) is 0 Å². The quantitative estimate of drug-likeness (QED) is 0.848. The molecule has 2 unspecified atom stereocenters. The van der Waals surface area contributed by atoms with E-state index in [1.165, 1.54) is 4.88 Å². The Kier molecular flexibility index (Phi) is 5.71. The molecule has 0 spiro atoms. The molecule has 0 aromatic carbocycles. The molecule has 1 aromatic heterocycles. The maximum absolute atomic E-state index is 12.2. The number of thiazole rings is 1. The molecular formula is C15H27N3OS.